The van der Waals surface area contributed by atoms with Crippen LogP contribution in [0.1, 0.15) is 5.56 Å². The number of ether oxygens (including phenoxy) is 2. The lowest BCUT2D eigenvalue weighted by molar-refractivity contribution is 0.307. The van der Waals surface area contributed by atoms with Crippen LogP contribution in [0.15, 0.2) is 42.7 Å². The molecule has 0 atom stereocenters. The van der Waals surface area contributed by atoms with E-state index in [1.165, 1.54) is 0 Å². The highest BCUT2D eigenvalue weighted by atomic mass is 16.5. The van der Waals surface area contributed by atoms with Gasteiger partial charge in [0.25, 0.3) is 0 Å². The Kier molecular flexibility index (Phi) is 3.45. The predicted molar refractivity (Wildman–Crippen MR) is 66.0 cm³/mol. The van der Waals surface area contributed by atoms with Crippen LogP contribution in [0.4, 0.5) is 5.69 Å². The molecule has 0 aliphatic heterocycles. The van der Waals surface area contributed by atoms with E-state index in [1.54, 1.807) is 31.6 Å². The first-order valence-electron chi connectivity index (χ1n) is 5.25. The van der Waals surface area contributed by atoms with E-state index in [4.69, 9.17) is 15.2 Å². The predicted octanol–water partition coefficient (Wildman–Crippen LogP) is 2.25. The van der Waals surface area contributed by atoms with Crippen molar-refractivity contribution in [2.75, 3.05) is 12.8 Å². The number of rotatable bonds is 4. The summed E-state index contributed by atoms with van der Waals surface area (Å²) in [5, 5.41) is 0. The number of nitrogen functional groups attached to an aromatic ring is 1. The van der Waals surface area contributed by atoms with Gasteiger partial charge in [-0.15, -0.1) is 0 Å². The van der Waals surface area contributed by atoms with Crippen LogP contribution >= 0.6 is 0 Å². The molecule has 0 fully saturated rings. The zero-order chi connectivity index (χ0) is 12.1. The largest absolute Gasteiger partial charge is 0.497 e. The third kappa shape index (κ3) is 2.87. The fourth-order valence-corrected chi connectivity index (χ4v) is 1.43. The summed E-state index contributed by atoms with van der Waals surface area (Å²) in [6.07, 6.45) is 3.46. The van der Waals surface area contributed by atoms with Gasteiger partial charge in [0.15, 0.2) is 0 Å². The van der Waals surface area contributed by atoms with Crippen LogP contribution in [0, 0.1) is 0 Å². The minimum Gasteiger partial charge on any atom is -0.497 e. The van der Waals surface area contributed by atoms with Crippen LogP contribution in [0.25, 0.3) is 0 Å². The Morgan fingerprint density at radius 2 is 1.94 bits per heavy atom. The van der Waals surface area contributed by atoms with Gasteiger partial charge in [0.05, 0.1) is 12.8 Å². The Morgan fingerprint density at radius 1 is 1.18 bits per heavy atom. The summed E-state index contributed by atoms with van der Waals surface area (Å²) < 4.78 is 10.7. The monoisotopic (exact) mass is 230 g/mol. The van der Waals surface area contributed by atoms with Crippen LogP contribution in [-0.4, -0.2) is 12.1 Å². The number of benzene rings is 1. The van der Waals surface area contributed by atoms with Gasteiger partial charge in [-0.2, -0.15) is 0 Å². The highest BCUT2D eigenvalue weighted by Crippen LogP contribution is 2.26. The summed E-state index contributed by atoms with van der Waals surface area (Å²) in [5.41, 5.74) is 7.46. The van der Waals surface area contributed by atoms with E-state index in [2.05, 4.69) is 4.98 Å². The SMILES string of the molecule is COc1ccc(OCc2ccncc2)c(N)c1. The number of nitrogens with two attached hydrogens (primary N) is 1. The molecule has 0 bridgehead atoms. The molecule has 0 unspecified atom stereocenters. The van der Waals surface area contributed by atoms with Crippen LogP contribution in [0.3, 0.4) is 0 Å². The lowest BCUT2D eigenvalue weighted by Gasteiger charge is -2.09. The summed E-state index contributed by atoms with van der Waals surface area (Å²) in [6.45, 7) is 0.471. The molecule has 88 valence electrons. The molecule has 2 aromatic rings. The van der Waals surface area contributed by atoms with E-state index in [-0.39, 0.29) is 0 Å². The number of nitrogens with zero attached hydrogens (tertiary/aromatic N) is 1. The molecule has 4 heteroatoms. The molecular formula is C13H14N2O2. The highest BCUT2D eigenvalue weighted by molar-refractivity contribution is 5.56. The molecular weight excluding hydrogens is 216 g/mol. The Morgan fingerprint density at radius 3 is 2.59 bits per heavy atom. The molecule has 2 rings (SSSR count). The fourth-order valence-electron chi connectivity index (χ4n) is 1.43. The van der Waals surface area contributed by atoms with Crippen molar-refractivity contribution >= 4 is 5.69 Å². The van der Waals surface area contributed by atoms with Crippen LogP contribution in [0.5, 0.6) is 11.5 Å². The molecule has 2 N–H and O–H groups in total. The average molecular weight is 230 g/mol. The van der Waals surface area contributed by atoms with E-state index in [9.17, 15) is 0 Å². The smallest absolute Gasteiger partial charge is 0.142 e. The van der Waals surface area contributed by atoms with Gasteiger partial charge in [0, 0.05) is 18.5 Å². The van der Waals surface area contributed by atoms with Crippen LogP contribution < -0.4 is 15.2 Å². The molecule has 17 heavy (non-hydrogen) atoms. The molecule has 0 aliphatic carbocycles. The number of methoxy groups -OCH3 is 1. The van der Waals surface area contributed by atoms with Gasteiger partial charge in [0.2, 0.25) is 0 Å². The molecule has 1 aromatic carbocycles. The molecule has 0 aliphatic rings. The minimum absolute atomic E-state index is 0.471. The van der Waals surface area contributed by atoms with Crippen molar-refractivity contribution in [2.45, 2.75) is 6.61 Å². The number of hydrogen-bond donors (Lipinski definition) is 1. The maximum Gasteiger partial charge on any atom is 0.142 e. The standard InChI is InChI=1S/C13H14N2O2/c1-16-11-2-3-13(12(14)8-11)17-9-10-4-6-15-7-5-10/h2-8H,9,14H2,1H3. The molecule has 0 saturated carbocycles. The van der Waals surface area contributed by atoms with E-state index >= 15 is 0 Å². The van der Waals surface area contributed by atoms with Crippen molar-refractivity contribution in [3.63, 3.8) is 0 Å². The zero-order valence-electron chi connectivity index (χ0n) is 9.59. The van der Waals surface area contributed by atoms with Gasteiger partial charge in [-0.25, -0.2) is 0 Å². The number of anilines is 1. The van der Waals surface area contributed by atoms with Gasteiger partial charge in [0.1, 0.15) is 18.1 Å². The molecule has 0 spiro atoms. The number of pyridine rings is 1. The van der Waals surface area contributed by atoms with E-state index in [0.717, 1.165) is 11.3 Å². The van der Waals surface area contributed by atoms with Crippen molar-refractivity contribution in [3.8, 4) is 11.5 Å². The first-order valence-corrected chi connectivity index (χ1v) is 5.25. The fraction of sp³-hybridized carbons (Fsp3) is 0.154. The van der Waals surface area contributed by atoms with Gasteiger partial charge in [-0.3, -0.25) is 4.98 Å². The molecule has 0 radical (unpaired) electrons. The van der Waals surface area contributed by atoms with E-state index in [0.29, 0.717) is 18.0 Å². The van der Waals surface area contributed by atoms with Crippen molar-refractivity contribution < 1.29 is 9.47 Å². The average Bonchev–Trinajstić information content (AvgIpc) is 2.38. The molecule has 0 saturated heterocycles. The van der Waals surface area contributed by atoms with E-state index in [1.807, 2.05) is 18.2 Å². The molecule has 0 amide bonds. The molecule has 1 heterocycles. The van der Waals surface area contributed by atoms with Crippen molar-refractivity contribution in [2.24, 2.45) is 0 Å². The minimum atomic E-state index is 0.471. The quantitative estimate of drug-likeness (QED) is 0.818. The highest BCUT2D eigenvalue weighted by Gasteiger charge is 2.02. The van der Waals surface area contributed by atoms with Crippen LogP contribution in [-0.2, 0) is 6.61 Å². The second-order valence-electron chi connectivity index (χ2n) is 3.55. The van der Waals surface area contributed by atoms with Crippen molar-refractivity contribution in [1.82, 2.24) is 4.98 Å². The van der Waals surface area contributed by atoms with Crippen molar-refractivity contribution in [3.05, 3.63) is 48.3 Å². The Labute approximate surface area is 100 Å². The third-order valence-corrected chi connectivity index (χ3v) is 2.36. The van der Waals surface area contributed by atoms with Gasteiger partial charge in [-0.05, 0) is 29.8 Å². The topological polar surface area (TPSA) is 57.4 Å². The van der Waals surface area contributed by atoms with Gasteiger partial charge >= 0.3 is 0 Å². The number of aromatic nitrogens is 1. The normalized spacial score (nSPS) is 9.94. The Hall–Kier alpha value is -2.23. The Bertz CT molecular complexity index is 486. The molecule has 4 nitrogen and oxygen atoms in total. The number of hydrogen-bond acceptors (Lipinski definition) is 4. The van der Waals surface area contributed by atoms with E-state index < -0.39 is 0 Å². The summed E-state index contributed by atoms with van der Waals surface area (Å²) >= 11 is 0. The summed E-state index contributed by atoms with van der Waals surface area (Å²) in [6, 6.07) is 9.16. The van der Waals surface area contributed by atoms with Gasteiger partial charge < -0.3 is 15.2 Å². The lowest BCUT2D eigenvalue weighted by atomic mass is 10.2. The Balaban J connectivity index is 2.04. The molecule has 1 aromatic heterocycles. The first kappa shape index (κ1) is 11.3. The maximum atomic E-state index is 5.84. The second-order valence-corrected chi connectivity index (χ2v) is 3.55. The first-order chi connectivity index (χ1) is 8.29. The summed E-state index contributed by atoms with van der Waals surface area (Å²) in [4.78, 5) is 3.94. The second kappa shape index (κ2) is 5.21. The third-order valence-electron chi connectivity index (χ3n) is 2.36. The summed E-state index contributed by atoms with van der Waals surface area (Å²) in [5.74, 6) is 1.38. The maximum absolute atomic E-state index is 5.84. The lowest BCUT2D eigenvalue weighted by Crippen LogP contribution is -1.99. The summed E-state index contributed by atoms with van der Waals surface area (Å²) in [7, 11) is 1.60. The van der Waals surface area contributed by atoms with Gasteiger partial charge in [-0.1, -0.05) is 0 Å². The van der Waals surface area contributed by atoms with Crippen LogP contribution in [0.2, 0.25) is 0 Å². The van der Waals surface area contributed by atoms with Crippen molar-refractivity contribution in [1.29, 1.82) is 0 Å². The zero-order valence-corrected chi connectivity index (χ0v) is 9.59.